The van der Waals surface area contributed by atoms with Crippen LogP contribution in [-0.2, 0) is 0 Å². The van der Waals surface area contributed by atoms with E-state index in [0.29, 0.717) is 0 Å². The van der Waals surface area contributed by atoms with Gasteiger partial charge in [0.05, 0.1) is 5.39 Å². The van der Waals surface area contributed by atoms with Crippen LogP contribution in [0.2, 0.25) is 0 Å². The second kappa shape index (κ2) is 6.19. The van der Waals surface area contributed by atoms with E-state index in [1.165, 1.54) is 17.3 Å². The Morgan fingerprint density at radius 2 is 1.81 bits per heavy atom. The molecule has 0 aliphatic rings. The van der Waals surface area contributed by atoms with Gasteiger partial charge in [-0.05, 0) is 36.4 Å². The molecule has 126 valence electrons. The van der Waals surface area contributed by atoms with Gasteiger partial charge in [0, 0.05) is 17.1 Å². The molecule has 0 spiro atoms. The molecule has 0 fully saturated rings. The van der Waals surface area contributed by atoms with E-state index in [1.807, 2.05) is 53.9 Å². The summed E-state index contributed by atoms with van der Waals surface area (Å²) in [5.74, 6) is 0.760. The third kappa shape index (κ3) is 2.56. The van der Waals surface area contributed by atoms with Crippen molar-refractivity contribution < 1.29 is 0 Å². The first kappa shape index (κ1) is 15.5. The van der Waals surface area contributed by atoms with Gasteiger partial charge in [0.2, 0.25) is 5.16 Å². The number of hydrogen-bond donors (Lipinski definition) is 0. The van der Waals surface area contributed by atoms with E-state index in [1.54, 1.807) is 11.3 Å². The van der Waals surface area contributed by atoms with E-state index in [4.69, 9.17) is 4.98 Å². The summed E-state index contributed by atoms with van der Waals surface area (Å²) in [6.45, 7) is 1.92. The molecule has 4 aromatic heterocycles. The van der Waals surface area contributed by atoms with Crippen LogP contribution in [0.1, 0.15) is 5.82 Å². The Morgan fingerprint density at radius 3 is 2.69 bits per heavy atom. The topological polar surface area (TPSA) is 56.0 Å². The second-order valence-corrected chi connectivity index (χ2v) is 7.60. The molecule has 7 heteroatoms. The second-order valence-electron chi connectivity index (χ2n) is 5.79. The van der Waals surface area contributed by atoms with Gasteiger partial charge in [-0.1, -0.05) is 36.4 Å². The van der Waals surface area contributed by atoms with E-state index in [-0.39, 0.29) is 0 Å². The van der Waals surface area contributed by atoms with Crippen LogP contribution in [0.25, 0.3) is 27.0 Å². The van der Waals surface area contributed by atoms with Gasteiger partial charge >= 0.3 is 0 Å². The molecule has 5 rings (SSSR count). The lowest BCUT2D eigenvalue weighted by molar-refractivity contribution is 0.914. The predicted octanol–water partition coefficient (Wildman–Crippen LogP) is 4.86. The molecular weight excluding hydrogens is 362 g/mol. The molecule has 4 heterocycles. The molecule has 0 bridgehead atoms. The normalized spacial score (nSPS) is 11.4. The number of aryl methyl sites for hydroxylation is 1. The van der Waals surface area contributed by atoms with Gasteiger partial charge < -0.3 is 0 Å². The number of nitrogens with zero attached hydrogens (tertiary/aromatic N) is 5. The van der Waals surface area contributed by atoms with Crippen LogP contribution in [0.5, 0.6) is 0 Å². The highest BCUT2D eigenvalue weighted by molar-refractivity contribution is 7.99. The van der Waals surface area contributed by atoms with Crippen molar-refractivity contribution in [3.8, 4) is 11.1 Å². The van der Waals surface area contributed by atoms with Crippen molar-refractivity contribution >= 4 is 39.0 Å². The zero-order chi connectivity index (χ0) is 17.5. The molecule has 0 amide bonds. The van der Waals surface area contributed by atoms with Crippen molar-refractivity contribution in [3.05, 3.63) is 65.9 Å². The monoisotopic (exact) mass is 375 g/mol. The minimum atomic E-state index is 0.760. The first-order valence-corrected chi connectivity index (χ1v) is 9.78. The van der Waals surface area contributed by atoms with Crippen molar-refractivity contribution in [2.24, 2.45) is 0 Å². The van der Waals surface area contributed by atoms with E-state index in [9.17, 15) is 0 Å². The molecular formula is C19H13N5S2. The molecule has 5 aromatic rings. The van der Waals surface area contributed by atoms with Crippen LogP contribution in [0.3, 0.4) is 0 Å². The zero-order valence-electron chi connectivity index (χ0n) is 13.8. The van der Waals surface area contributed by atoms with Crippen molar-refractivity contribution in [1.82, 2.24) is 24.6 Å². The van der Waals surface area contributed by atoms with Gasteiger partial charge in [-0.15, -0.1) is 21.5 Å². The largest absolute Gasteiger partial charge is 0.277 e. The highest BCUT2D eigenvalue weighted by atomic mass is 32.2. The molecule has 5 nitrogen and oxygen atoms in total. The van der Waals surface area contributed by atoms with Gasteiger partial charge in [0.25, 0.3) is 0 Å². The minimum absolute atomic E-state index is 0.760. The zero-order valence-corrected chi connectivity index (χ0v) is 15.5. The maximum Gasteiger partial charge on any atom is 0.201 e. The van der Waals surface area contributed by atoms with Crippen molar-refractivity contribution in [2.75, 3.05) is 0 Å². The summed E-state index contributed by atoms with van der Waals surface area (Å²) in [4.78, 5) is 10.3. The SMILES string of the molecule is Cc1nc(Sc2nnc3ccccn23)c2c(-c3ccccc3)csc2n1. The van der Waals surface area contributed by atoms with Gasteiger partial charge in [0.15, 0.2) is 5.65 Å². The molecule has 0 saturated carbocycles. The Balaban J connectivity index is 1.70. The van der Waals surface area contributed by atoms with E-state index in [2.05, 4.69) is 32.7 Å². The third-order valence-corrected chi connectivity index (χ3v) is 5.89. The average Bonchev–Trinajstić information content (AvgIpc) is 3.27. The van der Waals surface area contributed by atoms with Crippen LogP contribution in [0, 0.1) is 6.92 Å². The van der Waals surface area contributed by atoms with E-state index >= 15 is 0 Å². The minimum Gasteiger partial charge on any atom is -0.277 e. The Labute approximate surface area is 157 Å². The van der Waals surface area contributed by atoms with Crippen LogP contribution >= 0.6 is 23.1 Å². The smallest absolute Gasteiger partial charge is 0.201 e. The van der Waals surface area contributed by atoms with Gasteiger partial charge in [-0.25, -0.2) is 9.97 Å². The van der Waals surface area contributed by atoms with Crippen molar-refractivity contribution in [1.29, 1.82) is 0 Å². The summed E-state index contributed by atoms with van der Waals surface area (Å²) in [5, 5.41) is 13.5. The fraction of sp³-hybridized carbons (Fsp3) is 0.0526. The van der Waals surface area contributed by atoms with E-state index in [0.717, 1.165) is 37.4 Å². The number of rotatable bonds is 3. The molecule has 0 radical (unpaired) electrons. The molecule has 0 unspecified atom stereocenters. The molecule has 0 aliphatic heterocycles. The Bertz CT molecular complexity index is 1230. The fourth-order valence-electron chi connectivity index (χ4n) is 2.89. The van der Waals surface area contributed by atoms with E-state index < -0.39 is 0 Å². The third-order valence-electron chi connectivity index (χ3n) is 4.07. The first-order chi connectivity index (χ1) is 12.8. The molecule has 26 heavy (non-hydrogen) atoms. The summed E-state index contributed by atoms with van der Waals surface area (Å²) in [5.41, 5.74) is 3.15. The summed E-state index contributed by atoms with van der Waals surface area (Å²) in [6.07, 6.45) is 1.97. The summed E-state index contributed by atoms with van der Waals surface area (Å²) < 4.78 is 1.97. The number of pyridine rings is 1. The lowest BCUT2D eigenvalue weighted by Crippen LogP contribution is -1.93. The van der Waals surface area contributed by atoms with Gasteiger partial charge in [-0.2, -0.15) is 0 Å². The van der Waals surface area contributed by atoms with Crippen molar-refractivity contribution in [3.63, 3.8) is 0 Å². The number of thiophene rings is 1. The highest BCUT2D eigenvalue weighted by Crippen LogP contribution is 2.40. The molecule has 0 saturated heterocycles. The number of aromatic nitrogens is 5. The standard InChI is InChI=1S/C19H13N5S2/c1-12-20-17-16(14(11-25-17)13-7-3-2-4-8-13)18(21-12)26-19-23-22-15-9-5-6-10-24(15)19/h2-11H,1H3. The Hall–Kier alpha value is -2.77. The summed E-state index contributed by atoms with van der Waals surface area (Å²) >= 11 is 3.17. The number of fused-ring (bicyclic) bond motifs is 2. The first-order valence-electron chi connectivity index (χ1n) is 8.08. The number of hydrogen-bond acceptors (Lipinski definition) is 6. The maximum absolute atomic E-state index is 4.72. The van der Waals surface area contributed by atoms with Gasteiger partial charge in [-0.3, -0.25) is 4.40 Å². The van der Waals surface area contributed by atoms with Crippen molar-refractivity contribution in [2.45, 2.75) is 17.1 Å². The fourth-order valence-corrected chi connectivity index (χ4v) is 4.94. The summed E-state index contributed by atoms with van der Waals surface area (Å²) in [7, 11) is 0. The Kier molecular flexibility index (Phi) is 3.69. The molecule has 0 aliphatic carbocycles. The van der Waals surface area contributed by atoms with Gasteiger partial charge in [0.1, 0.15) is 15.7 Å². The molecule has 0 atom stereocenters. The highest BCUT2D eigenvalue weighted by Gasteiger charge is 2.17. The van der Waals surface area contributed by atoms with Crippen LogP contribution in [-0.4, -0.2) is 24.6 Å². The average molecular weight is 375 g/mol. The maximum atomic E-state index is 4.72. The predicted molar refractivity (Wildman–Crippen MR) is 105 cm³/mol. The lowest BCUT2D eigenvalue weighted by Gasteiger charge is -2.06. The molecule has 0 N–H and O–H groups in total. The van der Waals surface area contributed by atoms with Crippen LogP contribution in [0.4, 0.5) is 0 Å². The van der Waals surface area contributed by atoms with Crippen LogP contribution < -0.4 is 0 Å². The lowest BCUT2D eigenvalue weighted by atomic mass is 10.1. The molecule has 1 aromatic carbocycles. The Morgan fingerprint density at radius 1 is 0.962 bits per heavy atom. The number of benzene rings is 1. The van der Waals surface area contributed by atoms with Crippen LogP contribution in [0.15, 0.2) is 70.3 Å². The summed E-state index contributed by atoms with van der Waals surface area (Å²) in [6, 6.07) is 16.2. The quantitative estimate of drug-likeness (QED) is 0.422.